The third-order valence-electron chi connectivity index (χ3n) is 4.95. The van der Waals surface area contributed by atoms with E-state index < -0.39 is 28.5 Å². The predicted octanol–water partition coefficient (Wildman–Crippen LogP) is 4.74. The van der Waals surface area contributed by atoms with E-state index in [0.29, 0.717) is 22.0 Å². The lowest BCUT2D eigenvalue weighted by Crippen LogP contribution is -2.53. The van der Waals surface area contributed by atoms with Gasteiger partial charge in [-0.15, -0.1) is 0 Å². The van der Waals surface area contributed by atoms with Crippen molar-refractivity contribution in [2.45, 2.75) is 45.8 Å². The van der Waals surface area contributed by atoms with Crippen molar-refractivity contribution in [3.05, 3.63) is 63.1 Å². The first-order chi connectivity index (χ1) is 15.8. The first-order valence-electron chi connectivity index (χ1n) is 10.6. The maximum Gasteiger partial charge on any atom is 0.244 e. The third kappa shape index (κ3) is 7.50. The molecular formula is C23H28Cl3N3O4S. The number of benzene rings is 2. The van der Waals surface area contributed by atoms with Gasteiger partial charge in [-0.2, -0.15) is 0 Å². The molecule has 1 N–H and O–H groups in total. The minimum absolute atomic E-state index is 0.0276. The molecule has 0 saturated heterocycles. The quantitative estimate of drug-likeness (QED) is 0.464. The molecule has 0 bridgehead atoms. The molecule has 7 nitrogen and oxygen atoms in total. The molecule has 0 aliphatic rings. The molecule has 0 saturated carbocycles. The normalized spacial score (nSPS) is 12.4. The summed E-state index contributed by atoms with van der Waals surface area (Å²) in [6.45, 7) is 4.91. The summed E-state index contributed by atoms with van der Waals surface area (Å²) in [6.07, 6.45) is 1.31. The van der Waals surface area contributed by atoms with Gasteiger partial charge in [-0.05, 0) is 50.1 Å². The SMILES string of the molecule is CCC(C(=O)NC(C)C)N(Cc1ccc(Cl)c(Cl)c1)C(=O)CN(c1ccccc1Cl)S(C)(=O)=O. The first-order valence-corrected chi connectivity index (χ1v) is 13.6. The fraction of sp³-hybridized carbons (Fsp3) is 0.391. The largest absolute Gasteiger partial charge is 0.352 e. The van der Waals surface area contributed by atoms with Crippen LogP contribution in [0.3, 0.4) is 0 Å². The second-order valence-corrected chi connectivity index (χ2v) is 11.2. The van der Waals surface area contributed by atoms with Gasteiger partial charge in [0.05, 0.1) is 27.0 Å². The van der Waals surface area contributed by atoms with Crippen molar-refractivity contribution < 1.29 is 18.0 Å². The Morgan fingerprint density at radius 2 is 1.65 bits per heavy atom. The van der Waals surface area contributed by atoms with Gasteiger partial charge in [0.15, 0.2) is 0 Å². The first kappa shape index (κ1) is 28.2. The molecule has 2 rings (SSSR count). The van der Waals surface area contributed by atoms with Gasteiger partial charge in [0.25, 0.3) is 0 Å². The highest BCUT2D eigenvalue weighted by Crippen LogP contribution is 2.28. The highest BCUT2D eigenvalue weighted by atomic mass is 35.5. The van der Waals surface area contributed by atoms with Crippen LogP contribution < -0.4 is 9.62 Å². The summed E-state index contributed by atoms with van der Waals surface area (Å²) in [5.74, 6) is -0.906. The van der Waals surface area contributed by atoms with Crippen LogP contribution in [0.5, 0.6) is 0 Å². The molecule has 0 heterocycles. The number of amides is 2. The van der Waals surface area contributed by atoms with Gasteiger partial charge in [-0.3, -0.25) is 13.9 Å². The maximum atomic E-state index is 13.6. The summed E-state index contributed by atoms with van der Waals surface area (Å²) in [5, 5.41) is 3.67. The number of sulfonamides is 1. The van der Waals surface area contributed by atoms with Crippen LogP contribution in [0.1, 0.15) is 32.8 Å². The van der Waals surface area contributed by atoms with Crippen LogP contribution in [0, 0.1) is 0 Å². The summed E-state index contributed by atoms with van der Waals surface area (Å²) in [5.41, 5.74) is 0.816. The summed E-state index contributed by atoms with van der Waals surface area (Å²) < 4.78 is 26.1. The number of rotatable bonds is 10. The van der Waals surface area contributed by atoms with Gasteiger partial charge in [-0.1, -0.05) is 59.9 Å². The Bertz CT molecular complexity index is 1140. The molecule has 1 atom stereocenters. The molecular weight excluding hydrogens is 521 g/mol. The zero-order valence-electron chi connectivity index (χ0n) is 19.4. The van der Waals surface area contributed by atoms with Gasteiger partial charge < -0.3 is 10.2 Å². The lowest BCUT2D eigenvalue weighted by molar-refractivity contribution is -0.140. The Kier molecular flexibility index (Phi) is 10.1. The average molecular weight is 549 g/mol. The molecule has 2 aromatic carbocycles. The molecule has 0 aromatic heterocycles. The number of para-hydroxylation sites is 1. The van der Waals surface area contributed by atoms with Crippen LogP contribution >= 0.6 is 34.8 Å². The number of halogens is 3. The van der Waals surface area contributed by atoms with Crippen molar-refractivity contribution in [3.63, 3.8) is 0 Å². The summed E-state index contributed by atoms with van der Waals surface area (Å²) in [7, 11) is -3.86. The van der Waals surface area contributed by atoms with Crippen LogP contribution in [0.25, 0.3) is 0 Å². The Balaban J connectivity index is 2.48. The second kappa shape index (κ2) is 12.1. The minimum Gasteiger partial charge on any atom is -0.352 e. The van der Waals surface area contributed by atoms with Gasteiger partial charge >= 0.3 is 0 Å². The molecule has 0 spiro atoms. The van der Waals surface area contributed by atoms with E-state index in [-0.39, 0.29) is 29.2 Å². The third-order valence-corrected chi connectivity index (χ3v) is 7.14. The number of nitrogens with zero attached hydrogens (tertiary/aromatic N) is 2. The molecule has 2 aromatic rings. The molecule has 1 unspecified atom stereocenters. The zero-order valence-corrected chi connectivity index (χ0v) is 22.5. The fourth-order valence-corrected chi connectivity index (χ4v) is 4.85. The van der Waals surface area contributed by atoms with Crippen LogP contribution in [-0.4, -0.2) is 50.0 Å². The number of hydrogen-bond donors (Lipinski definition) is 1. The van der Waals surface area contributed by atoms with Gasteiger partial charge in [0, 0.05) is 12.6 Å². The summed E-state index contributed by atoms with van der Waals surface area (Å²) in [4.78, 5) is 27.9. The Morgan fingerprint density at radius 3 is 2.18 bits per heavy atom. The smallest absolute Gasteiger partial charge is 0.244 e. The Labute approximate surface area is 216 Å². The van der Waals surface area contributed by atoms with Crippen molar-refractivity contribution in [3.8, 4) is 0 Å². The second-order valence-electron chi connectivity index (χ2n) is 8.08. The summed E-state index contributed by atoms with van der Waals surface area (Å²) in [6, 6.07) is 10.3. The molecule has 2 amide bonds. The molecule has 11 heteroatoms. The zero-order chi connectivity index (χ0) is 25.6. The number of hydrogen-bond acceptors (Lipinski definition) is 4. The summed E-state index contributed by atoms with van der Waals surface area (Å²) >= 11 is 18.4. The molecule has 0 radical (unpaired) electrons. The van der Waals surface area contributed by atoms with Crippen molar-refractivity contribution >= 4 is 62.3 Å². The van der Waals surface area contributed by atoms with Crippen molar-refractivity contribution in [2.75, 3.05) is 17.1 Å². The lowest BCUT2D eigenvalue weighted by Gasteiger charge is -2.33. The topological polar surface area (TPSA) is 86.8 Å². The van der Waals surface area contributed by atoms with E-state index in [2.05, 4.69) is 5.32 Å². The average Bonchev–Trinajstić information content (AvgIpc) is 2.73. The Morgan fingerprint density at radius 1 is 1.00 bits per heavy atom. The van der Waals surface area contributed by atoms with E-state index in [9.17, 15) is 18.0 Å². The van der Waals surface area contributed by atoms with Crippen molar-refractivity contribution in [2.24, 2.45) is 0 Å². The van der Waals surface area contributed by atoms with E-state index in [1.54, 1.807) is 37.3 Å². The van der Waals surface area contributed by atoms with E-state index in [0.717, 1.165) is 10.6 Å². The molecule has 0 fully saturated rings. The standard InChI is InChI=1S/C23H28Cl3N3O4S/c1-5-20(23(31)27-15(2)3)28(13-16-10-11-17(24)19(26)12-16)22(30)14-29(34(4,32)33)21-9-7-6-8-18(21)25/h6-12,15,20H,5,13-14H2,1-4H3,(H,27,31). The van der Waals surface area contributed by atoms with Crippen molar-refractivity contribution in [1.29, 1.82) is 0 Å². The number of nitrogens with one attached hydrogen (secondary N) is 1. The van der Waals surface area contributed by atoms with Crippen LogP contribution in [0.15, 0.2) is 42.5 Å². The van der Waals surface area contributed by atoms with Gasteiger partial charge in [0.1, 0.15) is 12.6 Å². The van der Waals surface area contributed by atoms with E-state index in [1.165, 1.54) is 17.0 Å². The van der Waals surface area contributed by atoms with E-state index in [4.69, 9.17) is 34.8 Å². The van der Waals surface area contributed by atoms with Crippen LogP contribution in [0.4, 0.5) is 5.69 Å². The highest BCUT2D eigenvalue weighted by molar-refractivity contribution is 7.92. The monoisotopic (exact) mass is 547 g/mol. The maximum absolute atomic E-state index is 13.6. The Hall–Kier alpha value is -2.00. The predicted molar refractivity (Wildman–Crippen MR) is 138 cm³/mol. The number of carbonyl (C=O) groups excluding carboxylic acids is 2. The van der Waals surface area contributed by atoms with Crippen LogP contribution in [-0.2, 0) is 26.2 Å². The number of carbonyl (C=O) groups is 2. The molecule has 186 valence electrons. The van der Waals surface area contributed by atoms with E-state index in [1.807, 2.05) is 13.8 Å². The minimum atomic E-state index is -3.86. The molecule has 34 heavy (non-hydrogen) atoms. The van der Waals surface area contributed by atoms with Crippen molar-refractivity contribution in [1.82, 2.24) is 10.2 Å². The van der Waals surface area contributed by atoms with Gasteiger partial charge in [-0.25, -0.2) is 8.42 Å². The van der Waals surface area contributed by atoms with Crippen LogP contribution in [0.2, 0.25) is 15.1 Å². The fourth-order valence-electron chi connectivity index (χ4n) is 3.38. The number of anilines is 1. The highest BCUT2D eigenvalue weighted by Gasteiger charge is 2.32. The lowest BCUT2D eigenvalue weighted by atomic mass is 10.1. The molecule has 0 aliphatic carbocycles. The van der Waals surface area contributed by atoms with E-state index >= 15 is 0 Å². The van der Waals surface area contributed by atoms with Gasteiger partial charge in [0.2, 0.25) is 21.8 Å². The molecule has 0 aliphatic heterocycles.